The molecule has 0 aliphatic heterocycles. The lowest BCUT2D eigenvalue weighted by Crippen LogP contribution is -2.61. The summed E-state index contributed by atoms with van der Waals surface area (Å²) >= 11 is 0. The maximum Gasteiger partial charge on any atom is 0.178 e. The molecule has 0 aromatic carbocycles. The van der Waals surface area contributed by atoms with E-state index in [0.29, 0.717) is 25.8 Å². The molecule has 4 aliphatic rings. The molecule has 0 bridgehead atoms. The molecule has 0 spiro atoms. The van der Waals surface area contributed by atoms with Crippen molar-refractivity contribution < 1.29 is 29.1 Å². The van der Waals surface area contributed by atoms with Gasteiger partial charge in [0.05, 0.1) is 18.1 Å². The number of hydrogen-bond acceptors (Lipinski definition) is 6. The summed E-state index contributed by atoms with van der Waals surface area (Å²) < 4.78 is 11.8. The van der Waals surface area contributed by atoms with Crippen molar-refractivity contribution in [1.82, 2.24) is 0 Å². The lowest BCUT2D eigenvalue weighted by Gasteiger charge is -2.58. The normalized spacial score (nSPS) is 40.1. The summed E-state index contributed by atoms with van der Waals surface area (Å²) in [6.45, 7) is 4.24. The van der Waals surface area contributed by atoms with Crippen LogP contribution in [0.2, 0.25) is 0 Å². The number of ketones is 2. The van der Waals surface area contributed by atoms with Gasteiger partial charge in [0.25, 0.3) is 0 Å². The van der Waals surface area contributed by atoms with Crippen LogP contribution < -0.4 is 0 Å². The molecule has 4 rings (SSSR count). The fourth-order valence-electron chi connectivity index (χ4n) is 6.89. The summed E-state index contributed by atoms with van der Waals surface area (Å²) in [5, 5.41) is 21.2. The fraction of sp³-hybridized carbons (Fsp3) is 0.680. The molecule has 8 unspecified atom stereocenters. The average molecular weight is 463 g/mol. The Bertz CT molecular complexity index is 803. The number of aliphatic hydroxyl groups is 2. The van der Waals surface area contributed by atoms with Crippen LogP contribution in [-0.4, -0.2) is 53.0 Å². The summed E-state index contributed by atoms with van der Waals surface area (Å²) in [5.74, 6) is -0.386. The van der Waals surface area contributed by atoms with Gasteiger partial charge in [-0.2, -0.15) is 0 Å². The van der Waals surface area contributed by atoms with Gasteiger partial charge >= 0.3 is 0 Å². The van der Waals surface area contributed by atoms with Crippen LogP contribution in [0.1, 0.15) is 46.0 Å². The van der Waals surface area contributed by atoms with E-state index < -0.39 is 18.1 Å². The minimum Gasteiger partial charge on any atom is -0.389 e. The van der Waals surface area contributed by atoms with Crippen molar-refractivity contribution in [2.24, 2.45) is 29.1 Å². The highest BCUT2D eigenvalue weighted by atomic mass is 31.1. The molecule has 0 heterocycles. The van der Waals surface area contributed by atoms with Crippen LogP contribution in [-0.2, 0) is 18.8 Å². The minimum atomic E-state index is -1.13. The number of Topliss-reactive ketones (excluding diaryl/α,β-unsaturated/α-hetero) is 1. The number of rotatable bonds is 7. The molecule has 0 aromatic rings. The predicted octanol–water partition coefficient (Wildman–Crippen LogP) is 3.03. The monoisotopic (exact) mass is 462 g/mol. The molecular weight excluding hydrogens is 427 g/mol. The van der Waals surface area contributed by atoms with Gasteiger partial charge in [0.2, 0.25) is 0 Å². The molecule has 0 aromatic heterocycles. The van der Waals surface area contributed by atoms with Gasteiger partial charge in [0.1, 0.15) is 6.61 Å². The molecule has 2 N–H and O–H groups in total. The van der Waals surface area contributed by atoms with Crippen LogP contribution >= 0.6 is 8.81 Å². The fourth-order valence-corrected chi connectivity index (χ4v) is 7.46. The first kappa shape index (κ1) is 25.3. The standard InChI is InChI=1S/C23H33O6P.C2H2/c1-3-29-30-13-28-20-11-23(27)17(6-7-18(23)19(26)12-24)16-5-4-14-10-15(25)8-9-22(14,2)21(16)20;1-2/h8-10,16-18,20-21,24,27,30H,3-7,11-13H2,1-2H3;1-2H. The van der Waals surface area contributed by atoms with Crippen LogP contribution in [0.25, 0.3) is 0 Å². The number of carbonyl (C=O) groups excluding carboxylic acids is 2. The number of fused-ring (bicyclic) bond motifs is 5. The number of aliphatic hydroxyl groups excluding tert-OH is 1. The smallest absolute Gasteiger partial charge is 0.178 e. The molecule has 32 heavy (non-hydrogen) atoms. The largest absolute Gasteiger partial charge is 0.389 e. The zero-order chi connectivity index (χ0) is 23.5. The van der Waals surface area contributed by atoms with Crippen LogP contribution in [0.15, 0.2) is 23.8 Å². The van der Waals surface area contributed by atoms with Crippen LogP contribution in [0.3, 0.4) is 0 Å². The highest BCUT2D eigenvalue weighted by molar-refractivity contribution is 7.31. The minimum absolute atomic E-state index is 0.0154. The average Bonchev–Trinajstić information content (AvgIpc) is 3.14. The Balaban J connectivity index is 0.00000141. The second-order valence-corrected chi connectivity index (χ2v) is 10.3. The Labute approximate surface area is 192 Å². The molecule has 0 amide bonds. The quantitative estimate of drug-likeness (QED) is 0.343. The van der Waals surface area contributed by atoms with Crippen molar-refractivity contribution in [3.63, 3.8) is 0 Å². The first-order valence-corrected chi connectivity index (χ1v) is 12.6. The van der Waals surface area contributed by atoms with Gasteiger partial charge in [0, 0.05) is 39.1 Å². The number of hydrogen-bond donors (Lipinski definition) is 2. The summed E-state index contributed by atoms with van der Waals surface area (Å²) in [4.78, 5) is 24.5. The number of carbonyl (C=O) groups is 2. The van der Waals surface area contributed by atoms with Crippen LogP contribution in [0.4, 0.5) is 0 Å². The molecule has 7 heteroatoms. The lowest BCUT2D eigenvalue weighted by atomic mass is 9.49. The third-order valence-corrected chi connectivity index (χ3v) is 8.88. The lowest BCUT2D eigenvalue weighted by molar-refractivity contribution is -0.182. The van der Waals surface area contributed by atoms with Gasteiger partial charge < -0.3 is 19.5 Å². The van der Waals surface area contributed by atoms with Crippen LogP contribution in [0.5, 0.6) is 0 Å². The molecule has 3 fully saturated rings. The zero-order valence-electron chi connectivity index (χ0n) is 19.0. The SMILES string of the molecule is C#C.CCOPCOC1CC2(O)C(C(=O)CO)CCC2C2CCC3=CC(=O)C=CC3(C)C12. The first-order chi connectivity index (χ1) is 15.3. The molecule has 4 aliphatic carbocycles. The van der Waals surface area contributed by atoms with Gasteiger partial charge in [-0.25, -0.2) is 0 Å². The van der Waals surface area contributed by atoms with Gasteiger partial charge in [-0.15, -0.1) is 12.8 Å². The van der Waals surface area contributed by atoms with Gasteiger partial charge in [-0.3, -0.25) is 9.59 Å². The van der Waals surface area contributed by atoms with Crippen molar-refractivity contribution in [2.45, 2.75) is 57.7 Å². The molecule has 3 saturated carbocycles. The Morgan fingerprint density at radius 1 is 1.31 bits per heavy atom. The third kappa shape index (κ3) is 4.27. The Morgan fingerprint density at radius 2 is 2.06 bits per heavy atom. The first-order valence-electron chi connectivity index (χ1n) is 11.4. The summed E-state index contributed by atoms with van der Waals surface area (Å²) in [6.07, 6.45) is 17.2. The third-order valence-electron chi connectivity index (χ3n) is 8.11. The van der Waals surface area contributed by atoms with E-state index in [-0.39, 0.29) is 49.6 Å². The molecule has 176 valence electrons. The Kier molecular flexibility index (Phi) is 8.12. The Morgan fingerprint density at radius 3 is 2.75 bits per heavy atom. The number of ether oxygens (including phenoxy) is 1. The topological polar surface area (TPSA) is 93.1 Å². The van der Waals surface area contributed by atoms with E-state index >= 15 is 0 Å². The van der Waals surface area contributed by atoms with Crippen LogP contribution in [0, 0.1) is 41.9 Å². The maximum atomic E-state index is 12.4. The van der Waals surface area contributed by atoms with Crippen molar-refractivity contribution in [3.05, 3.63) is 23.8 Å². The molecular formula is C25H35O6P. The molecule has 0 radical (unpaired) electrons. The second-order valence-electron chi connectivity index (χ2n) is 9.40. The highest BCUT2D eigenvalue weighted by Crippen LogP contribution is 2.63. The van der Waals surface area contributed by atoms with Crippen molar-refractivity contribution >= 4 is 20.4 Å². The molecule has 8 atom stereocenters. The van der Waals surface area contributed by atoms with E-state index in [4.69, 9.17) is 9.26 Å². The van der Waals surface area contributed by atoms with E-state index in [0.717, 1.165) is 24.8 Å². The van der Waals surface area contributed by atoms with Gasteiger partial charge in [0.15, 0.2) is 11.6 Å². The summed E-state index contributed by atoms with van der Waals surface area (Å²) in [5.41, 5.74) is -0.258. The van der Waals surface area contributed by atoms with E-state index in [9.17, 15) is 19.8 Å². The van der Waals surface area contributed by atoms with E-state index in [1.807, 2.05) is 13.0 Å². The van der Waals surface area contributed by atoms with E-state index in [1.54, 1.807) is 12.2 Å². The second kappa shape index (κ2) is 10.3. The number of terminal acetylenes is 1. The highest BCUT2D eigenvalue weighted by Gasteiger charge is 2.64. The van der Waals surface area contributed by atoms with E-state index in [2.05, 4.69) is 19.8 Å². The molecule has 0 saturated heterocycles. The van der Waals surface area contributed by atoms with Gasteiger partial charge in [-0.05, 0) is 56.6 Å². The van der Waals surface area contributed by atoms with Crippen molar-refractivity contribution in [3.8, 4) is 12.8 Å². The van der Waals surface area contributed by atoms with Gasteiger partial charge in [-0.1, -0.05) is 18.6 Å². The Hall–Kier alpha value is -1.35. The number of allylic oxidation sites excluding steroid dienone is 4. The van der Waals surface area contributed by atoms with Crippen molar-refractivity contribution in [1.29, 1.82) is 0 Å². The summed E-state index contributed by atoms with van der Waals surface area (Å²) in [7, 11) is 0.229. The maximum absolute atomic E-state index is 12.4. The zero-order valence-corrected chi connectivity index (χ0v) is 20.0. The van der Waals surface area contributed by atoms with Crippen molar-refractivity contribution in [2.75, 3.05) is 19.6 Å². The summed E-state index contributed by atoms with van der Waals surface area (Å²) in [6, 6.07) is 0. The predicted molar refractivity (Wildman–Crippen MR) is 124 cm³/mol. The van der Waals surface area contributed by atoms with E-state index in [1.165, 1.54) is 0 Å². The molecule has 6 nitrogen and oxygen atoms in total.